The van der Waals surface area contributed by atoms with E-state index in [2.05, 4.69) is 21.3 Å². The standard InChI is InChI=1S/C20H24N4O3/c1-3-18(25)22-15-7-5-14(6-8-15)21-13-20(27)24-17-11-9-16(10-12-17)23-19(26)4-2/h5-12,21H,3-4,13H2,1-2H3,(H,22,25)(H,23,26)(H,24,27). The average Bonchev–Trinajstić information content (AvgIpc) is 2.68. The molecule has 0 saturated carbocycles. The fourth-order valence-corrected chi connectivity index (χ4v) is 2.19. The molecular weight excluding hydrogens is 344 g/mol. The number of anilines is 4. The van der Waals surface area contributed by atoms with Crippen molar-refractivity contribution in [3.63, 3.8) is 0 Å². The van der Waals surface area contributed by atoms with Crippen LogP contribution in [0.1, 0.15) is 26.7 Å². The van der Waals surface area contributed by atoms with Crippen molar-refractivity contribution >= 4 is 40.5 Å². The van der Waals surface area contributed by atoms with Crippen molar-refractivity contribution in [2.75, 3.05) is 27.8 Å². The van der Waals surface area contributed by atoms with E-state index >= 15 is 0 Å². The molecule has 4 N–H and O–H groups in total. The maximum Gasteiger partial charge on any atom is 0.243 e. The molecule has 0 fully saturated rings. The number of hydrogen-bond acceptors (Lipinski definition) is 4. The van der Waals surface area contributed by atoms with Gasteiger partial charge in [-0.15, -0.1) is 0 Å². The van der Waals surface area contributed by atoms with E-state index in [9.17, 15) is 14.4 Å². The van der Waals surface area contributed by atoms with Crippen LogP contribution in [0, 0.1) is 0 Å². The lowest BCUT2D eigenvalue weighted by Gasteiger charge is -2.10. The summed E-state index contributed by atoms with van der Waals surface area (Å²) in [5, 5.41) is 11.3. The summed E-state index contributed by atoms with van der Waals surface area (Å²) in [4.78, 5) is 34.7. The second-order valence-electron chi connectivity index (χ2n) is 5.86. The summed E-state index contributed by atoms with van der Waals surface area (Å²) in [5.74, 6) is -0.296. The first kappa shape index (κ1) is 20.0. The van der Waals surface area contributed by atoms with Crippen LogP contribution in [0.5, 0.6) is 0 Å². The summed E-state index contributed by atoms with van der Waals surface area (Å²) in [5.41, 5.74) is 2.83. The first-order valence-electron chi connectivity index (χ1n) is 8.83. The van der Waals surface area contributed by atoms with Crippen molar-refractivity contribution in [1.29, 1.82) is 0 Å². The van der Waals surface area contributed by atoms with E-state index in [1.165, 1.54) is 0 Å². The number of hydrogen-bond donors (Lipinski definition) is 4. The smallest absolute Gasteiger partial charge is 0.243 e. The molecular formula is C20H24N4O3. The van der Waals surface area contributed by atoms with Crippen LogP contribution in [-0.2, 0) is 14.4 Å². The van der Waals surface area contributed by atoms with E-state index in [0.717, 1.165) is 5.69 Å². The summed E-state index contributed by atoms with van der Waals surface area (Å²) < 4.78 is 0. The molecule has 2 aromatic rings. The predicted octanol–water partition coefficient (Wildman–Crippen LogP) is 3.43. The highest BCUT2D eigenvalue weighted by atomic mass is 16.2. The molecule has 0 atom stereocenters. The van der Waals surface area contributed by atoms with Crippen LogP contribution in [0.2, 0.25) is 0 Å². The topological polar surface area (TPSA) is 99.3 Å². The van der Waals surface area contributed by atoms with Gasteiger partial charge in [-0.2, -0.15) is 0 Å². The maximum atomic E-state index is 12.0. The Morgan fingerprint density at radius 1 is 0.593 bits per heavy atom. The Morgan fingerprint density at radius 2 is 0.926 bits per heavy atom. The SMILES string of the molecule is CCC(=O)Nc1ccc(NCC(=O)Nc2ccc(NC(=O)CC)cc2)cc1. The van der Waals surface area contributed by atoms with Crippen LogP contribution in [0.25, 0.3) is 0 Å². The van der Waals surface area contributed by atoms with Crippen LogP contribution in [-0.4, -0.2) is 24.3 Å². The summed E-state index contributed by atoms with van der Waals surface area (Å²) in [6, 6.07) is 14.1. The molecule has 0 saturated heterocycles. The molecule has 0 radical (unpaired) electrons. The van der Waals surface area contributed by atoms with Gasteiger partial charge in [0.25, 0.3) is 0 Å². The van der Waals surface area contributed by atoms with Gasteiger partial charge in [0.1, 0.15) is 0 Å². The summed E-state index contributed by atoms with van der Waals surface area (Å²) >= 11 is 0. The summed E-state index contributed by atoms with van der Waals surface area (Å²) in [6.45, 7) is 3.68. The molecule has 7 heteroatoms. The fraction of sp³-hybridized carbons (Fsp3) is 0.250. The Labute approximate surface area is 158 Å². The van der Waals surface area contributed by atoms with E-state index in [1.807, 2.05) is 0 Å². The van der Waals surface area contributed by atoms with E-state index in [0.29, 0.717) is 29.9 Å². The van der Waals surface area contributed by atoms with Crippen molar-refractivity contribution < 1.29 is 14.4 Å². The van der Waals surface area contributed by atoms with Crippen LogP contribution >= 0.6 is 0 Å². The largest absolute Gasteiger partial charge is 0.376 e. The van der Waals surface area contributed by atoms with Gasteiger partial charge in [-0.25, -0.2) is 0 Å². The first-order chi connectivity index (χ1) is 13.0. The third-order valence-corrected chi connectivity index (χ3v) is 3.72. The zero-order valence-corrected chi connectivity index (χ0v) is 15.5. The molecule has 0 aliphatic heterocycles. The molecule has 0 aliphatic carbocycles. The third-order valence-electron chi connectivity index (χ3n) is 3.72. The lowest BCUT2D eigenvalue weighted by Crippen LogP contribution is -2.21. The Balaban J connectivity index is 1.80. The van der Waals surface area contributed by atoms with Crippen molar-refractivity contribution in [3.05, 3.63) is 48.5 Å². The minimum Gasteiger partial charge on any atom is -0.376 e. The van der Waals surface area contributed by atoms with Gasteiger partial charge in [0.05, 0.1) is 6.54 Å². The lowest BCUT2D eigenvalue weighted by molar-refractivity contribution is -0.116. The molecule has 0 spiro atoms. The predicted molar refractivity (Wildman–Crippen MR) is 108 cm³/mol. The Bertz CT molecular complexity index is 786. The van der Waals surface area contributed by atoms with Gasteiger partial charge >= 0.3 is 0 Å². The Hall–Kier alpha value is -3.35. The van der Waals surface area contributed by atoms with Crippen LogP contribution in [0.3, 0.4) is 0 Å². The van der Waals surface area contributed by atoms with Crippen LogP contribution in [0.15, 0.2) is 48.5 Å². The molecule has 0 bridgehead atoms. The highest BCUT2D eigenvalue weighted by Crippen LogP contribution is 2.15. The maximum absolute atomic E-state index is 12.0. The van der Waals surface area contributed by atoms with Gasteiger partial charge in [-0.1, -0.05) is 13.8 Å². The fourth-order valence-electron chi connectivity index (χ4n) is 2.19. The van der Waals surface area contributed by atoms with Crippen molar-refractivity contribution in [2.24, 2.45) is 0 Å². The number of amides is 3. The quantitative estimate of drug-likeness (QED) is 0.573. The second kappa shape index (κ2) is 9.96. The molecule has 2 aromatic carbocycles. The van der Waals surface area contributed by atoms with Gasteiger partial charge in [0.15, 0.2) is 0 Å². The number of carbonyl (C=O) groups excluding carboxylic acids is 3. The van der Waals surface area contributed by atoms with Gasteiger partial charge < -0.3 is 21.3 Å². The van der Waals surface area contributed by atoms with Gasteiger partial charge in [-0.3, -0.25) is 14.4 Å². The molecule has 2 rings (SSSR count). The van der Waals surface area contributed by atoms with E-state index in [-0.39, 0.29) is 24.3 Å². The molecule has 27 heavy (non-hydrogen) atoms. The Morgan fingerprint density at radius 3 is 1.30 bits per heavy atom. The molecule has 0 unspecified atom stereocenters. The number of rotatable bonds is 8. The van der Waals surface area contributed by atoms with Crippen molar-refractivity contribution in [1.82, 2.24) is 0 Å². The average molecular weight is 368 g/mol. The number of nitrogens with one attached hydrogen (secondary N) is 4. The van der Waals surface area contributed by atoms with Gasteiger partial charge in [-0.05, 0) is 48.5 Å². The van der Waals surface area contributed by atoms with E-state index < -0.39 is 0 Å². The summed E-state index contributed by atoms with van der Waals surface area (Å²) in [6.07, 6.45) is 0.836. The van der Waals surface area contributed by atoms with Crippen LogP contribution in [0.4, 0.5) is 22.7 Å². The molecule has 0 aromatic heterocycles. The van der Waals surface area contributed by atoms with E-state index in [1.54, 1.807) is 62.4 Å². The van der Waals surface area contributed by atoms with Gasteiger partial charge in [0.2, 0.25) is 17.7 Å². The van der Waals surface area contributed by atoms with Gasteiger partial charge in [0, 0.05) is 35.6 Å². The minimum absolute atomic E-state index is 0.0460. The summed E-state index contributed by atoms with van der Waals surface area (Å²) in [7, 11) is 0. The number of benzene rings is 2. The van der Waals surface area contributed by atoms with Crippen molar-refractivity contribution in [2.45, 2.75) is 26.7 Å². The zero-order valence-electron chi connectivity index (χ0n) is 15.5. The molecule has 0 aliphatic rings. The lowest BCUT2D eigenvalue weighted by atomic mass is 10.2. The molecule has 142 valence electrons. The minimum atomic E-state index is -0.191. The van der Waals surface area contributed by atoms with Crippen molar-refractivity contribution in [3.8, 4) is 0 Å². The second-order valence-corrected chi connectivity index (χ2v) is 5.86. The third kappa shape index (κ3) is 6.81. The normalized spacial score (nSPS) is 10.0. The molecule has 7 nitrogen and oxygen atoms in total. The number of carbonyl (C=O) groups is 3. The van der Waals surface area contributed by atoms with E-state index in [4.69, 9.17) is 0 Å². The highest BCUT2D eigenvalue weighted by Gasteiger charge is 2.04. The molecule has 0 heterocycles. The monoisotopic (exact) mass is 368 g/mol. The Kier molecular flexibility index (Phi) is 7.37. The molecule has 3 amide bonds. The van der Waals surface area contributed by atoms with Crippen LogP contribution < -0.4 is 21.3 Å². The zero-order chi connectivity index (χ0) is 19.6. The first-order valence-corrected chi connectivity index (χ1v) is 8.83. The highest BCUT2D eigenvalue weighted by molar-refractivity contribution is 5.95.